The number of imide groups is 1. The van der Waals surface area contributed by atoms with E-state index < -0.39 is 0 Å². The number of methoxy groups -OCH3 is 1. The Hall–Kier alpha value is -4.03. The van der Waals surface area contributed by atoms with Gasteiger partial charge in [0.25, 0.3) is 11.1 Å². The lowest BCUT2D eigenvalue weighted by Crippen LogP contribution is -2.27. The quantitative estimate of drug-likeness (QED) is 0.276. The van der Waals surface area contributed by atoms with Gasteiger partial charge >= 0.3 is 0 Å². The molecule has 4 aromatic carbocycles. The number of fused-ring (bicyclic) bond motifs is 1. The van der Waals surface area contributed by atoms with Crippen LogP contribution in [-0.2, 0) is 17.9 Å². The molecule has 0 radical (unpaired) electrons. The molecule has 0 N–H and O–H groups in total. The number of rotatable bonds is 7. The molecule has 0 atom stereocenters. The van der Waals surface area contributed by atoms with Crippen LogP contribution in [0.2, 0.25) is 0 Å². The van der Waals surface area contributed by atoms with Gasteiger partial charge in [0.2, 0.25) is 0 Å². The van der Waals surface area contributed by atoms with Gasteiger partial charge in [0.05, 0.1) is 18.6 Å². The lowest BCUT2D eigenvalue weighted by atomic mass is 10.1. The van der Waals surface area contributed by atoms with Gasteiger partial charge in [0, 0.05) is 0 Å². The number of benzene rings is 4. The van der Waals surface area contributed by atoms with Crippen molar-refractivity contribution < 1.29 is 19.1 Å². The number of carbonyl (C=O) groups is 2. The van der Waals surface area contributed by atoms with Crippen LogP contribution in [0.3, 0.4) is 0 Å². The van der Waals surface area contributed by atoms with E-state index in [4.69, 9.17) is 9.47 Å². The van der Waals surface area contributed by atoms with Crippen molar-refractivity contribution in [2.75, 3.05) is 7.11 Å². The molecule has 1 aliphatic rings. The highest BCUT2D eigenvalue weighted by molar-refractivity contribution is 8.18. The highest BCUT2D eigenvalue weighted by atomic mass is 32.2. The Bertz CT molecular complexity index is 1430. The fraction of sp³-hybridized carbons (Fsp3) is 0.103. The van der Waals surface area contributed by atoms with E-state index in [1.54, 1.807) is 19.3 Å². The van der Waals surface area contributed by atoms with Crippen LogP contribution < -0.4 is 9.47 Å². The van der Waals surface area contributed by atoms with Gasteiger partial charge in [0.1, 0.15) is 6.61 Å². The van der Waals surface area contributed by atoms with Crippen molar-refractivity contribution in [3.8, 4) is 11.5 Å². The third-order valence-electron chi connectivity index (χ3n) is 5.75. The Balaban J connectivity index is 1.34. The van der Waals surface area contributed by atoms with Crippen molar-refractivity contribution in [2.45, 2.75) is 13.2 Å². The van der Waals surface area contributed by atoms with E-state index in [1.807, 2.05) is 84.9 Å². The van der Waals surface area contributed by atoms with Crippen LogP contribution in [-0.4, -0.2) is 23.2 Å². The molecule has 1 heterocycles. The Morgan fingerprint density at radius 2 is 1.57 bits per heavy atom. The van der Waals surface area contributed by atoms with Crippen molar-refractivity contribution in [1.82, 2.24) is 4.90 Å². The first-order valence-corrected chi connectivity index (χ1v) is 12.0. The van der Waals surface area contributed by atoms with Crippen LogP contribution >= 0.6 is 11.8 Å². The molecule has 0 spiro atoms. The molecule has 0 bridgehead atoms. The van der Waals surface area contributed by atoms with Crippen LogP contribution in [0.15, 0.2) is 95.9 Å². The summed E-state index contributed by atoms with van der Waals surface area (Å²) in [6.45, 7) is 0.629. The Kier molecular flexibility index (Phi) is 6.55. The number of hydrogen-bond acceptors (Lipinski definition) is 5. The third-order valence-corrected chi connectivity index (χ3v) is 6.66. The average Bonchev–Trinajstić information content (AvgIpc) is 3.15. The van der Waals surface area contributed by atoms with E-state index in [2.05, 4.69) is 0 Å². The summed E-state index contributed by atoms with van der Waals surface area (Å²) in [5.41, 5.74) is 2.70. The van der Waals surface area contributed by atoms with Crippen LogP contribution in [0.5, 0.6) is 11.5 Å². The minimum absolute atomic E-state index is 0.237. The van der Waals surface area contributed by atoms with E-state index in [9.17, 15) is 9.59 Å². The minimum atomic E-state index is -0.296. The second-order valence-corrected chi connectivity index (χ2v) is 9.13. The molecule has 1 aliphatic heterocycles. The van der Waals surface area contributed by atoms with E-state index >= 15 is 0 Å². The predicted octanol–water partition coefficient (Wildman–Crippen LogP) is 6.66. The molecule has 6 heteroatoms. The molecular weight excluding hydrogens is 458 g/mol. The molecule has 0 saturated carbocycles. The lowest BCUT2D eigenvalue weighted by Gasteiger charge is -2.13. The molecular formula is C29H23NO4S. The fourth-order valence-electron chi connectivity index (χ4n) is 3.94. The second-order valence-electron chi connectivity index (χ2n) is 8.13. The third kappa shape index (κ3) is 5.08. The van der Waals surface area contributed by atoms with E-state index in [1.165, 1.54) is 4.90 Å². The zero-order valence-corrected chi connectivity index (χ0v) is 20.0. The van der Waals surface area contributed by atoms with Gasteiger partial charge in [0.15, 0.2) is 11.5 Å². The van der Waals surface area contributed by atoms with Gasteiger partial charge in [-0.3, -0.25) is 14.5 Å². The number of amides is 2. The smallest absolute Gasteiger partial charge is 0.293 e. The maximum absolute atomic E-state index is 13.1. The van der Waals surface area contributed by atoms with Gasteiger partial charge in [-0.1, -0.05) is 72.8 Å². The zero-order valence-electron chi connectivity index (χ0n) is 19.1. The maximum Gasteiger partial charge on any atom is 0.293 e. The van der Waals surface area contributed by atoms with Crippen molar-refractivity contribution in [3.63, 3.8) is 0 Å². The Labute approximate surface area is 208 Å². The first-order valence-electron chi connectivity index (χ1n) is 11.2. The van der Waals surface area contributed by atoms with Crippen molar-refractivity contribution in [1.29, 1.82) is 0 Å². The van der Waals surface area contributed by atoms with Crippen LogP contribution in [0, 0.1) is 0 Å². The van der Waals surface area contributed by atoms with Gasteiger partial charge in [-0.15, -0.1) is 0 Å². The normalized spacial score (nSPS) is 14.7. The largest absolute Gasteiger partial charge is 0.493 e. The van der Waals surface area contributed by atoms with Crippen molar-refractivity contribution in [3.05, 3.63) is 113 Å². The van der Waals surface area contributed by atoms with Crippen LogP contribution in [0.4, 0.5) is 4.79 Å². The average molecular weight is 482 g/mol. The standard InChI is InChI=1S/C29H23NO4S/c1-33-25-14-12-21(16-26(25)34-19-20-7-3-2-4-8-20)17-27-28(31)30(29(32)35-27)18-22-11-13-23-9-5-6-10-24(23)15-22/h2-17H,18-19H2,1H3/b27-17-. The summed E-state index contributed by atoms with van der Waals surface area (Å²) >= 11 is 0.952. The molecule has 0 aliphatic carbocycles. The lowest BCUT2D eigenvalue weighted by molar-refractivity contribution is -0.123. The molecule has 35 heavy (non-hydrogen) atoms. The molecule has 1 fully saturated rings. The summed E-state index contributed by atoms with van der Waals surface area (Å²) in [6.07, 6.45) is 1.72. The monoisotopic (exact) mass is 481 g/mol. The summed E-state index contributed by atoms with van der Waals surface area (Å²) in [7, 11) is 1.59. The first-order chi connectivity index (χ1) is 17.1. The highest BCUT2D eigenvalue weighted by Crippen LogP contribution is 2.35. The zero-order chi connectivity index (χ0) is 24.2. The summed E-state index contributed by atoms with van der Waals surface area (Å²) in [4.78, 5) is 27.4. The van der Waals surface area contributed by atoms with Crippen LogP contribution in [0.1, 0.15) is 16.7 Å². The molecule has 1 saturated heterocycles. The van der Waals surface area contributed by atoms with Gasteiger partial charge < -0.3 is 9.47 Å². The summed E-state index contributed by atoms with van der Waals surface area (Å²) < 4.78 is 11.4. The summed E-state index contributed by atoms with van der Waals surface area (Å²) in [5.74, 6) is 0.874. The van der Waals surface area contributed by atoms with Crippen LogP contribution in [0.25, 0.3) is 16.8 Å². The highest BCUT2D eigenvalue weighted by Gasteiger charge is 2.35. The van der Waals surface area contributed by atoms with E-state index in [-0.39, 0.29) is 17.7 Å². The Morgan fingerprint density at radius 3 is 2.37 bits per heavy atom. The molecule has 2 amide bonds. The predicted molar refractivity (Wildman–Crippen MR) is 139 cm³/mol. The van der Waals surface area contributed by atoms with Crippen molar-refractivity contribution >= 4 is 39.8 Å². The van der Waals surface area contributed by atoms with E-state index in [0.717, 1.165) is 39.2 Å². The number of ether oxygens (including phenoxy) is 2. The molecule has 4 aromatic rings. The number of thioether (sulfide) groups is 1. The SMILES string of the molecule is COc1ccc(/C=C2\SC(=O)N(Cc3ccc4ccccc4c3)C2=O)cc1OCc1ccccc1. The molecule has 5 rings (SSSR count). The number of nitrogens with zero attached hydrogens (tertiary/aromatic N) is 1. The van der Waals surface area contributed by atoms with Gasteiger partial charge in [-0.2, -0.15) is 0 Å². The molecule has 0 unspecified atom stereocenters. The summed E-state index contributed by atoms with van der Waals surface area (Å²) in [5, 5.41) is 1.92. The fourth-order valence-corrected chi connectivity index (χ4v) is 4.78. The minimum Gasteiger partial charge on any atom is -0.493 e. The van der Waals surface area contributed by atoms with Gasteiger partial charge in [-0.05, 0) is 63.5 Å². The second kappa shape index (κ2) is 10.1. The molecule has 5 nitrogen and oxygen atoms in total. The van der Waals surface area contributed by atoms with Crippen molar-refractivity contribution in [2.24, 2.45) is 0 Å². The number of carbonyl (C=O) groups excluding carboxylic acids is 2. The Morgan fingerprint density at radius 1 is 0.800 bits per heavy atom. The molecule has 0 aromatic heterocycles. The maximum atomic E-state index is 13.1. The van der Waals surface area contributed by atoms with Gasteiger partial charge in [-0.25, -0.2) is 0 Å². The molecule has 174 valence electrons. The first kappa shape index (κ1) is 22.7. The number of hydrogen-bond donors (Lipinski definition) is 0. The summed E-state index contributed by atoms with van der Waals surface area (Å²) in [6, 6.07) is 29.3. The van der Waals surface area contributed by atoms with E-state index in [0.29, 0.717) is 23.0 Å². The topological polar surface area (TPSA) is 55.8 Å².